The Bertz CT molecular complexity index is 399. The molecule has 0 spiro atoms. The van der Waals surface area contributed by atoms with E-state index in [9.17, 15) is 14.7 Å². The Kier molecular flexibility index (Phi) is 4.85. The molecule has 2 aliphatic rings. The van der Waals surface area contributed by atoms with E-state index in [0.29, 0.717) is 26.1 Å². The topological polar surface area (TPSA) is 90.9 Å². The van der Waals surface area contributed by atoms with Gasteiger partial charge in [-0.3, -0.25) is 9.69 Å². The molecule has 2 heterocycles. The first kappa shape index (κ1) is 16.2. The number of rotatable bonds is 4. The van der Waals surface area contributed by atoms with Gasteiger partial charge < -0.3 is 20.5 Å². The average Bonchev–Trinajstić information content (AvgIpc) is 2.49. The van der Waals surface area contributed by atoms with Crippen LogP contribution in [-0.2, 0) is 14.3 Å². The summed E-state index contributed by atoms with van der Waals surface area (Å²) in [6, 6.07) is 0. The molecule has 2 saturated heterocycles. The van der Waals surface area contributed by atoms with Crippen LogP contribution in [0.5, 0.6) is 0 Å². The molecule has 2 rings (SSSR count). The van der Waals surface area contributed by atoms with Crippen LogP contribution in [0.3, 0.4) is 0 Å². The van der Waals surface area contributed by atoms with Gasteiger partial charge in [0.15, 0.2) is 0 Å². The Labute approximate surface area is 125 Å². The van der Waals surface area contributed by atoms with Gasteiger partial charge in [0, 0.05) is 52.2 Å². The zero-order valence-corrected chi connectivity index (χ0v) is 12.8. The van der Waals surface area contributed by atoms with Gasteiger partial charge in [-0.1, -0.05) is 0 Å². The van der Waals surface area contributed by atoms with Gasteiger partial charge >= 0.3 is 5.97 Å². The molecule has 1 amide bonds. The lowest BCUT2D eigenvalue weighted by atomic mass is 9.88. The summed E-state index contributed by atoms with van der Waals surface area (Å²) >= 11 is 0. The van der Waals surface area contributed by atoms with Crippen molar-refractivity contribution < 1.29 is 19.4 Å². The number of nitrogens with one attached hydrogen (secondary N) is 2. The molecule has 0 atom stereocenters. The molecule has 0 aromatic rings. The molecule has 3 N–H and O–H groups in total. The van der Waals surface area contributed by atoms with E-state index in [1.54, 1.807) is 0 Å². The van der Waals surface area contributed by atoms with Gasteiger partial charge in [0.25, 0.3) is 0 Å². The first-order chi connectivity index (χ1) is 9.88. The van der Waals surface area contributed by atoms with Crippen LogP contribution in [0.1, 0.15) is 26.7 Å². The molecular weight excluding hydrogens is 274 g/mol. The number of hydrogen-bond acceptors (Lipinski definition) is 5. The van der Waals surface area contributed by atoms with Crippen molar-refractivity contribution in [1.29, 1.82) is 0 Å². The van der Waals surface area contributed by atoms with E-state index in [1.165, 1.54) is 0 Å². The minimum atomic E-state index is -1.19. The molecular formula is C14H25N3O4. The Morgan fingerprint density at radius 2 is 1.81 bits per heavy atom. The van der Waals surface area contributed by atoms with Crippen LogP contribution in [0.15, 0.2) is 0 Å². The maximum Gasteiger partial charge on any atom is 0.329 e. The summed E-state index contributed by atoms with van der Waals surface area (Å²) in [5.41, 5.74) is -1.91. The van der Waals surface area contributed by atoms with E-state index in [1.807, 2.05) is 13.8 Å². The number of carboxylic acids is 1. The third kappa shape index (κ3) is 3.36. The highest BCUT2D eigenvalue weighted by Crippen LogP contribution is 2.24. The van der Waals surface area contributed by atoms with Crippen LogP contribution < -0.4 is 10.6 Å². The largest absolute Gasteiger partial charge is 0.480 e. The van der Waals surface area contributed by atoms with Gasteiger partial charge in [-0.15, -0.1) is 0 Å². The lowest BCUT2D eigenvalue weighted by Gasteiger charge is -2.42. The van der Waals surface area contributed by atoms with Crippen LogP contribution in [0.25, 0.3) is 0 Å². The minimum Gasteiger partial charge on any atom is -0.480 e. The number of piperazine rings is 1. The quantitative estimate of drug-likeness (QED) is 0.643. The number of carbonyl (C=O) groups is 2. The number of carboxylic acid groups (broad SMARTS) is 1. The normalized spacial score (nSPS) is 23.5. The van der Waals surface area contributed by atoms with Gasteiger partial charge in [0.05, 0.1) is 5.54 Å². The summed E-state index contributed by atoms with van der Waals surface area (Å²) in [7, 11) is 0. The third-order valence-corrected chi connectivity index (χ3v) is 4.57. The minimum absolute atomic E-state index is 0.228. The molecule has 0 unspecified atom stereocenters. The lowest BCUT2D eigenvalue weighted by molar-refractivity contribution is -0.154. The van der Waals surface area contributed by atoms with Crippen molar-refractivity contribution >= 4 is 11.9 Å². The van der Waals surface area contributed by atoms with Crippen LogP contribution in [0.2, 0.25) is 0 Å². The smallest absolute Gasteiger partial charge is 0.329 e. The fourth-order valence-corrected chi connectivity index (χ4v) is 2.85. The summed E-state index contributed by atoms with van der Waals surface area (Å²) < 4.78 is 5.23. The SMILES string of the molecule is CC(C)(C(=O)NC1(C(=O)O)CCOCC1)N1CCNCC1. The lowest BCUT2D eigenvalue weighted by Crippen LogP contribution is -2.66. The van der Waals surface area contributed by atoms with E-state index in [0.717, 1.165) is 26.2 Å². The highest BCUT2D eigenvalue weighted by Gasteiger charge is 2.45. The predicted octanol–water partition coefficient (Wildman–Crippen LogP) is -0.580. The Balaban J connectivity index is 2.08. The van der Waals surface area contributed by atoms with Crippen LogP contribution in [-0.4, -0.2) is 72.4 Å². The zero-order chi connectivity index (χ0) is 15.5. The number of aliphatic carboxylic acids is 1. The molecule has 0 radical (unpaired) electrons. The Morgan fingerprint density at radius 3 is 2.33 bits per heavy atom. The number of amides is 1. The second-order valence-corrected chi connectivity index (χ2v) is 6.25. The Morgan fingerprint density at radius 1 is 1.24 bits per heavy atom. The molecule has 2 aliphatic heterocycles. The number of hydrogen-bond donors (Lipinski definition) is 3. The predicted molar refractivity (Wildman–Crippen MR) is 77.1 cm³/mol. The van der Waals surface area contributed by atoms with Gasteiger partial charge in [-0.25, -0.2) is 4.79 Å². The van der Waals surface area contributed by atoms with E-state index in [-0.39, 0.29) is 5.91 Å². The first-order valence-electron chi connectivity index (χ1n) is 7.48. The number of nitrogens with zero attached hydrogens (tertiary/aromatic N) is 1. The Hall–Kier alpha value is -1.18. The fourth-order valence-electron chi connectivity index (χ4n) is 2.85. The standard InChI is InChI=1S/C14H25N3O4/c1-13(2,17-7-5-15-6-8-17)11(18)16-14(12(19)20)3-9-21-10-4-14/h15H,3-10H2,1-2H3,(H,16,18)(H,19,20). The van der Waals surface area contributed by atoms with E-state index < -0.39 is 17.0 Å². The van der Waals surface area contributed by atoms with Gasteiger partial charge in [0.2, 0.25) is 5.91 Å². The van der Waals surface area contributed by atoms with Gasteiger partial charge in [-0.05, 0) is 13.8 Å². The van der Waals surface area contributed by atoms with Gasteiger partial charge in [-0.2, -0.15) is 0 Å². The van der Waals surface area contributed by atoms with E-state index in [2.05, 4.69) is 15.5 Å². The monoisotopic (exact) mass is 299 g/mol. The van der Waals surface area contributed by atoms with Crippen LogP contribution >= 0.6 is 0 Å². The molecule has 7 heteroatoms. The van der Waals surface area contributed by atoms with Crippen molar-refractivity contribution in [3.63, 3.8) is 0 Å². The third-order valence-electron chi connectivity index (χ3n) is 4.57. The fraction of sp³-hybridized carbons (Fsp3) is 0.857. The molecule has 7 nitrogen and oxygen atoms in total. The zero-order valence-electron chi connectivity index (χ0n) is 12.8. The number of carbonyl (C=O) groups excluding carboxylic acids is 1. The summed E-state index contributed by atoms with van der Waals surface area (Å²) in [6.07, 6.45) is 0.622. The maximum atomic E-state index is 12.7. The van der Waals surface area contributed by atoms with Crippen molar-refractivity contribution in [2.75, 3.05) is 39.4 Å². The van der Waals surface area contributed by atoms with Gasteiger partial charge in [0.1, 0.15) is 5.54 Å². The molecule has 21 heavy (non-hydrogen) atoms. The maximum absolute atomic E-state index is 12.7. The average molecular weight is 299 g/mol. The van der Waals surface area contributed by atoms with Crippen molar-refractivity contribution in [1.82, 2.24) is 15.5 Å². The van der Waals surface area contributed by atoms with Crippen LogP contribution in [0, 0.1) is 0 Å². The summed E-state index contributed by atoms with van der Waals surface area (Å²) in [5.74, 6) is -1.20. The molecule has 120 valence electrons. The first-order valence-corrected chi connectivity index (χ1v) is 7.48. The van der Waals surface area contributed by atoms with Crippen LogP contribution in [0.4, 0.5) is 0 Å². The summed E-state index contributed by atoms with van der Waals surface area (Å²) in [4.78, 5) is 26.4. The van der Waals surface area contributed by atoms with E-state index in [4.69, 9.17) is 4.74 Å². The molecule has 2 fully saturated rings. The van der Waals surface area contributed by atoms with Crippen molar-refractivity contribution in [3.8, 4) is 0 Å². The molecule has 0 aliphatic carbocycles. The molecule has 0 bridgehead atoms. The number of ether oxygens (including phenoxy) is 1. The molecule has 0 saturated carbocycles. The highest BCUT2D eigenvalue weighted by atomic mass is 16.5. The molecule has 0 aromatic carbocycles. The van der Waals surface area contributed by atoms with E-state index >= 15 is 0 Å². The molecule has 0 aromatic heterocycles. The summed E-state index contributed by atoms with van der Waals surface area (Å²) in [6.45, 7) is 7.67. The summed E-state index contributed by atoms with van der Waals surface area (Å²) in [5, 5.41) is 15.6. The van der Waals surface area contributed by atoms with Crippen molar-refractivity contribution in [2.45, 2.75) is 37.8 Å². The second-order valence-electron chi connectivity index (χ2n) is 6.25. The highest BCUT2D eigenvalue weighted by molar-refractivity contribution is 5.91. The van der Waals surface area contributed by atoms with Crippen molar-refractivity contribution in [3.05, 3.63) is 0 Å². The second kappa shape index (κ2) is 6.29. The van der Waals surface area contributed by atoms with Crippen molar-refractivity contribution in [2.24, 2.45) is 0 Å².